The van der Waals surface area contributed by atoms with E-state index in [4.69, 9.17) is 10.2 Å². The molecule has 40 heavy (non-hydrogen) atoms. The average molecular weight is 540 g/mol. The van der Waals surface area contributed by atoms with Crippen LogP contribution in [0, 0.1) is 23.1 Å². The molecule has 10 heteroatoms. The van der Waals surface area contributed by atoms with Gasteiger partial charge in [0, 0.05) is 28.9 Å². The second kappa shape index (κ2) is 11.4. The van der Waals surface area contributed by atoms with Crippen molar-refractivity contribution in [2.75, 3.05) is 10.6 Å². The Hall–Kier alpha value is -5.01. The fraction of sp³-hybridized carbons (Fsp3) is 0.200. The number of aromatic hydroxyl groups is 1. The summed E-state index contributed by atoms with van der Waals surface area (Å²) in [7, 11) is 0. The molecular weight excluding hydrogens is 513 g/mol. The number of nitriles is 1. The van der Waals surface area contributed by atoms with Crippen LogP contribution in [0.25, 0.3) is 22.4 Å². The van der Waals surface area contributed by atoms with Crippen LogP contribution in [-0.4, -0.2) is 27.9 Å². The lowest BCUT2D eigenvalue weighted by Crippen LogP contribution is -2.40. The number of pyridine rings is 1. The van der Waals surface area contributed by atoms with E-state index in [0.717, 1.165) is 31.7 Å². The quantitative estimate of drug-likeness (QED) is 0.255. The Morgan fingerprint density at radius 2 is 1.88 bits per heavy atom. The van der Waals surface area contributed by atoms with Crippen LogP contribution in [0.3, 0.4) is 0 Å². The smallest absolute Gasteiger partial charge is 0.292 e. The number of carbonyl (C=O) groups excluding carboxylic acids is 2. The van der Waals surface area contributed by atoms with Gasteiger partial charge in [0.2, 0.25) is 5.91 Å². The number of anilines is 2. The minimum atomic E-state index is -0.636. The molecule has 0 saturated heterocycles. The average Bonchev–Trinajstić information content (AvgIpc) is 3.48. The van der Waals surface area contributed by atoms with Gasteiger partial charge in [-0.25, -0.2) is 9.37 Å². The summed E-state index contributed by atoms with van der Waals surface area (Å²) in [5.74, 6) is -2.16. The minimum Gasteiger partial charge on any atom is -0.507 e. The van der Waals surface area contributed by atoms with Crippen molar-refractivity contribution in [3.05, 3.63) is 84.1 Å². The maximum atomic E-state index is 13.7. The molecule has 202 valence electrons. The molecule has 0 bridgehead atoms. The predicted molar refractivity (Wildman–Crippen MR) is 147 cm³/mol. The number of nitrogens with two attached hydrogens (primary N) is 1. The summed E-state index contributed by atoms with van der Waals surface area (Å²) in [6.45, 7) is 0. The molecule has 0 radical (unpaired) electrons. The van der Waals surface area contributed by atoms with Crippen molar-refractivity contribution in [1.29, 1.82) is 5.26 Å². The first kappa shape index (κ1) is 26.6. The first-order valence-electron chi connectivity index (χ1n) is 12.8. The SMILES string of the molecule is N#Cc1c(-c2cccc(NC(=O)C3CCCC[C@H]3N)c2)cc(-c2ccc(F)cc2O)nc1NC(=O)c1ccco1. The van der Waals surface area contributed by atoms with Crippen molar-refractivity contribution in [3.8, 4) is 34.2 Å². The third kappa shape index (κ3) is 5.55. The Kier molecular flexibility index (Phi) is 7.57. The Bertz CT molecular complexity index is 1610. The van der Waals surface area contributed by atoms with Gasteiger partial charge in [-0.05, 0) is 60.9 Å². The Morgan fingerprint density at radius 3 is 2.60 bits per heavy atom. The number of rotatable bonds is 6. The van der Waals surface area contributed by atoms with Gasteiger partial charge < -0.3 is 25.9 Å². The normalized spacial score (nSPS) is 16.6. The van der Waals surface area contributed by atoms with Gasteiger partial charge >= 0.3 is 0 Å². The lowest BCUT2D eigenvalue weighted by atomic mass is 9.84. The summed E-state index contributed by atoms with van der Waals surface area (Å²) in [6, 6.07) is 16.8. The summed E-state index contributed by atoms with van der Waals surface area (Å²) in [5, 5.41) is 26.1. The summed E-state index contributed by atoms with van der Waals surface area (Å²) in [5.41, 5.74) is 8.03. The molecule has 9 nitrogen and oxygen atoms in total. The summed E-state index contributed by atoms with van der Waals surface area (Å²) in [6.07, 6.45) is 4.81. The van der Waals surface area contributed by atoms with Gasteiger partial charge in [0.1, 0.15) is 23.2 Å². The molecular formula is C30H26FN5O4. The molecule has 5 N–H and O–H groups in total. The first-order chi connectivity index (χ1) is 19.3. The Morgan fingerprint density at radius 1 is 1.05 bits per heavy atom. The van der Waals surface area contributed by atoms with Crippen LogP contribution in [0.15, 0.2) is 71.3 Å². The number of amides is 2. The van der Waals surface area contributed by atoms with Crippen LogP contribution in [0.4, 0.5) is 15.9 Å². The Balaban J connectivity index is 1.57. The maximum absolute atomic E-state index is 13.7. The second-order valence-corrected chi connectivity index (χ2v) is 9.61. The summed E-state index contributed by atoms with van der Waals surface area (Å²) >= 11 is 0. The van der Waals surface area contributed by atoms with Crippen molar-refractivity contribution in [1.82, 2.24) is 4.98 Å². The zero-order valence-corrected chi connectivity index (χ0v) is 21.4. The van der Waals surface area contributed by atoms with E-state index >= 15 is 0 Å². The highest BCUT2D eigenvalue weighted by Gasteiger charge is 2.28. The zero-order valence-electron chi connectivity index (χ0n) is 21.4. The summed E-state index contributed by atoms with van der Waals surface area (Å²) < 4.78 is 18.9. The lowest BCUT2D eigenvalue weighted by molar-refractivity contribution is -0.121. The molecule has 1 aliphatic rings. The number of nitrogens with zero attached hydrogens (tertiary/aromatic N) is 2. The lowest BCUT2D eigenvalue weighted by Gasteiger charge is -2.27. The van der Waals surface area contributed by atoms with E-state index in [1.165, 1.54) is 24.5 Å². The molecule has 1 saturated carbocycles. The van der Waals surface area contributed by atoms with Crippen LogP contribution in [0.5, 0.6) is 5.75 Å². The number of furan rings is 1. The first-order valence-corrected chi connectivity index (χ1v) is 12.8. The molecule has 2 aromatic carbocycles. The van der Waals surface area contributed by atoms with Crippen LogP contribution in [0.1, 0.15) is 41.8 Å². The number of halogens is 1. The second-order valence-electron chi connectivity index (χ2n) is 9.61. The standard InChI is InChI=1S/C30H26FN5O4/c31-18-10-11-21(26(37)14-18)25-15-22(23(16-32)28(35-25)36-30(39)27-9-4-12-40-27)17-5-3-6-19(13-17)34-29(38)20-7-1-2-8-24(20)33/h3-6,9-15,20,24,37H,1-2,7-8,33H2,(H,34,38)(H,35,36,39)/t20?,24-/m1/s1. The molecule has 2 atom stereocenters. The molecule has 1 aliphatic carbocycles. The highest BCUT2D eigenvalue weighted by Crippen LogP contribution is 2.37. The van der Waals surface area contributed by atoms with E-state index in [0.29, 0.717) is 16.8 Å². The van der Waals surface area contributed by atoms with E-state index < -0.39 is 11.7 Å². The van der Waals surface area contributed by atoms with Gasteiger partial charge in [-0.1, -0.05) is 25.0 Å². The van der Waals surface area contributed by atoms with Crippen LogP contribution >= 0.6 is 0 Å². The molecule has 1 unspecified atom stereocenters. The van der Waals surface area contributed by atoms with Crippen molar-refractivity contribution in [2.24, 2.45) is 11.7 Å². The third-order valence-corrected chi connectivity index (χ3v) is 6.94. The number of benzene rings is 2. The van der Waals surface area contributed by atoms with Crippen molar-refractivity contribution < 1.29 is 23.5 Å². The van der Waals surface area contributed by atoms with E-state index in [-0.39, 0.29) is 52.0 Å². The number of aromatic nitrogens is 1. The van der Waals surface area contributed by atoms with Crippen molar-refractivity contribution in [3.63, 3.8) is 0 Å². The van der Waals surface area contributed by atoms with E-state index in [1.807, 2.05) is 0 Å². The van der Waals surface area contributed by atoms with Gasteiger partial charge in [0.25, 0.3) is 5.91 Å². The Labute approximate surface area is 229 Å². The number of hydrogen-bond acceptors (Lipinski definition) is 7. The molecule has 1 fully saturated rings. The molecule has 2 aromatic heterocycles. The predicted octanol–water partition coefficient (Wildman–Crippen LogP) is 5.43. The van der Waals surface area contributed by atoms with Gasteiger partial charge in [-0.15, -0.1) is 0 Å². The molecule has 4 aromatic rings. The monoisotopic (exact) mass is 539 g/mol. The van der Waals surface area contributed by atoms with Crippen LogP contribution in [0.2, 0.25) is 0 Å². The molecule has 2 heterocycles. The van der Waals surface area contributed by atoms with Gasteiger partial charge in [0.05, 0.1) is 17.9 Å². The molecule has 2 amide bonds. The topological polar surface area (TPSA) is 154 Å². The third-order valence-electron chi connectivity index (χ3n) is 6.94. The summed E-state index contributed by atoms with van der Waals surface area (Å²) in [4.78, 5) is 30.2. The highest BCUT2D eigenvalue weighted by molar-refractivity contribution is 6.03. The van der Waals surface area contributed by atoms with Crippen molar-refractivity contribution >= 4 is 23.3 Å². The number of phenols is 1. The molecule has 0 aliphatic heterocycles. The minimum absolute atomic E-state index is 0.00732. The number of nitrogens with one attached hydrogen (secondary N) is 2. The molecule has 5 rings (SSSR count). The van der Waals surface area contributed by atoms with Gasteiger partial charge in [-0.2, -0.15) is 5.26 Å². The number of hydrogen-bond donors (Lipinski definition) is 4. The number of phenolic OH excluding ortho intramolecular Hbond substituents is 1. The number of carbonyl (C=O) groups is 2. The van der Waals surface area contributed by atoms with Crippen LogP contribution in [-0.2, 0) is 4.79 Å². The fourth-order valence-corrected chi connectivity index (χ4v) is 4.90. The van der Waals surface area contributed by atoms with E-state index in [2.05, 4.69) is 21.7 Å². The molecule has 0 spiro atoms. The fourth-order valence-electron chi connectivity index (χ4n) is 4.90. The van der Waals surface area contributed by atoms with E-state index in [9.17, 15) is 24.3 Å². The van der Waals surface area contributed by atoms with Crippen molar-refractivity contribution in [2.45, 2.75) is 31.7 Å². The maximum Gasteiger partial charge on any atom is 0.292 e. The highest BCUT2D eigenvalue weighted by atomic mass is 19.1. The van der Waals surface area contributed by atoms with Gasteiger partial charge in [0.15, 0.2) is 11.6 Å². The van der Waals surface area contributed by atoms with Gasteiger partial charge in [-0.3, -0.25) is 9.59 Å². The largest absolute Gasteiger partial charge is 0.507 e. The zero-order chi connectivity index (χ0) is 28.2. The van der Waals surface area contributed by atoms with E-state index in [1.54, 1.807) is 36.4 Å². The van der Waals surface area contributed by atoms with Crippen LogP contribution < -0.4 is 16.4 Å².